The van der Waals surface area contributed by atoms with E-state index in [0.29, 0.717) is 32.5 Å². The second-order valence-electron chi connectivity index (χ2n) is 2.79. The van der Waals surface area contributed by atoms with Crippen LogP contribution in [0, 0.1) is 0 Å². The number of aliphatic hydroxyl groups is 1. The SMILES string of the molecule is [O]CCC1(O)CCOCC1. The van der Waals surface area contributed by atoms with Gasteiger partial charge in [-0.3, -0.25) is 0 Å². The van der Waals surface area contributed by atoms with Crippen LogP contribution >= 0.6 is 0 Å². The lowest BCUT2D eigenvalue weighted by atomic mass is 9.91. The molecule has 0 saturated carbocycles. The molecule has 0 atom stereocenters. The summed E-state index contributed by atoms with van der Waals surface area (Å²) in [5.74, 6) is 0. The van der Waals surface area contributed by atoms with Gasteiger partial charge in [-0.1, -0.05) is 0 Å². The maximum Gasteiger partial charge on any atom is 0.0849 e. The van der Waals surface area contributed by atoms with Crippen LogP contribution in [0.1, 0.15) is 19.3 Å². The monoisotopic (exact) mass is 145 g/mol. The first-order valence-corrected chi connectivity index (χ1v) is 3.65. The Kier molecular flexibility index (Phi) is 2.65. The van der Waals surface area contributed by atoms with E-state index in [1.807, 2.05) is 0 Å². The van der Waals surface area contributed by atoms with E-state index in [9.17, 15) is 10.2 Å². The molecule has 3 nitrogen and oxygen atoms in total. The Labute approximate surface area is 60.6 Å². The zero-order valence-electron chi connectivity index (χ0n) is 6.01. The fourth-order valence-corrected chi connectivity index (χ4v) is 1.19. The lowest BCUT2D eigenvalue weighted by molar-refractivity contribution is -0.0783. The molecule has 0 aliphatic carbocycles. The van der Waals surface area contributed by atoms with Gasteiger partial charge in [-0.05, 0) is 12.8 Å². The first-order chi connectivity index (χ1) is 4.77. The normalized spacial score (nSPS) is 24.6. The van der Waals surface area contributed by atoms with Gasteiger partial charge >= 0.3 is 0 Å². The van der Waals surface area contributed by atoms with Crippen LogP contribution in [-0.4, -0.2) is 30.5 Å². The molecule has 1 rings (SSSR count). The van der Waals surface area contributed by atoms with Crippen LogP contribution in [0.15, 0.2) is 0 Å². The maximum atomic E-state index is 10.2. The summed E-state index contributed by atoms with van der Waals surface area (Å²) in [4.78, 5) is 0. The third-order valence-corrected chi connectivity index (χ3v) is 1.99. The highest BCUT2D eigenvalue weighted by Crippen LogP contribution is 2.23. The van der Waals surface area contributed by atoms with Crippen LogP contribution in [0.25, 0.3) is 0 Å². The van der Waals surface area contributed by atoms with Gasteiger partial charge in [0.1, 0.15) is 0 Å². The molecule has 1 heterocycles. The van der Waals surface area contributed by atoms with Gasteiger partial charge in [0, 0.05) is 19.6 Å². The van der Waals surface area contributed by atoms with Crippen LogP contribution in [0.3, 0.4) is 0 Å². The highest BCUT2D eigenvalue weighted by molar-refractivity contribution is 4.80. The summed E-state index contributed by atoms with van der Waals surface area (Å²) in [7, 11) is 0. The van der Waals surface area contributed by atoms with Crippen LogP contribution < -0.4 is 0 Å². The first-order valence-electron chi connectivity index (χ1n) is 3.65. The fraction of sp³-hybridized carbons (Fsp3) is 1.00. The zero-order chi connectivity index (χ0) is 7.45. The van der Waals surface area contributed by atoms with Crippen LogP contribution in [0.5, 0.6) is 0 Å². The molecule has 0 aromatic heterocycles. The van der Waals surface area contributed by atoms with Gasteiger partial charge < -0.3 is 9.84 Å². The summed E-state index contributed by atoms with van der Waals surface area (Å²) >= 11 is 0. The summed E-state index contributed by atoms with van der Waals surface area (Å²) in [5, 5.41) is 19.8. The van der Waals surface area contributed by atoms with Gasteiger partial charge in [0.05, 0.1) is 12.2 Å². The molecule has 59 valence electrons. The maximum absolute atomic E-state index is 10.2. The van der Waals surface area contributed by atoms with E-state index in [1.54, 1.807) is 0 Å². The van der Waals surface area contributed by atoms with Gasteiger partial charge in [0.25, 0.3) is 0 Å². The van der Waals surface area contributed by atoms with Crippen molar-refractivity contribution in [1.82, 2.24) is 0 Å². The molecule has 0 amide bonds. The Balaban J connectivity index is 2.32. The molecule has 1 radical (unpaired) electrons. The molecular formula is C7H13O3. The second kappa shape index (κ2) is 3.32. The number of rotatable bonds is 2. The molecule has 0 aromatic rings. The van der Waals surface area contributed by atoms with Crippen molar-refractivity contribution in [3.8, 4) is 0 Å². The molecule has 0 aromatic carbocycles. The van der Waals surface area contributed by atoms with Crippen LogP contribution in [-0.2, 0) is 9.84 Å². The van der Waals surface area contributed by atoms with Gasteiger partial charge in [-0.2, -0.15) is 0 Å². The van der Waals surface area contributed by atoms with Crippen molar-refractivity contribution in [2.24, 2.45) is 0 Å². The standard InChI is InChI=1S/C7H13O3/c8-4-1-7(9)2-5-10-6-3-7/h9H,1-6H2. The van der Waals surface area contributed by atoms with Crippen molar-refractivity contribution in [3.63, 3.8) is 0 Å². The minimum Gasteiger partial charge on any atom is -0.390 e. The fourth-order valence-electron chi connectivity index (χ4n) is 1.19. The lowest BCUT2D eigenvalue weighted by Crippen LogP contribution is -2.36. The number of ether oxygens (including phenoxy) is 1. The Morgan fingerprint density at radius 2 is 2.00 bits per heavy atom. The molecule has 1 aliphatic heterocycles. The van der Waals surface area contributed by atoms with Crippen molar-refractivity contribution in [3.05, 3.63) is 0 Å². The molecule has 0 bridgehead atoms. The van der Waals surface area contributed by atoms with Gasteiger partial charge in [0.2, 0.25) is 0 Å². The van der Waals surface area contributed by atoms with E-state index < -0.39 is 5.60 Å². The molecule has 0 unspecified atom stereocenters. The molecule has 1 N–H and O–H groups in total. The largest absolute Gasteiger partial charge is 0.390 e. The van der Waals surface area contributed by atoms with Crippen molar-refractivity contribution < 1.29 is 14.9 Å². The third-order valence-electron chi connectivity index (χ3n) is 1.99. The van der Waals surface area contributed by atoms with Crippen LogP contribution in [0.2, 0.25) is 0 Å². The molecule has 3 heteroatoms. The third kappa shape index (κ3) is 1.94. The number of hydrogen-bond acceptors (Lipinski definition) is 2. The summed E-state index contributed by atoms with van der Waals surface area (Å²) in [5.41, 5.74) is -0.708. The summed E-state index contributed by atoms with van der Waals surface area (Å²) in [6.07, 6.45) is 1.61. The van der Waals surface area contributed by atoms with E-state index in [0.717, 1.165) is 0 Å². The van der Waals surface area contributed by atoms with E-state index in [1.165, 1.54) is 0 Å². The predicted octanol–water partition coefficient (Wildman–Crippen LogP) is 0.349. The van der Waals surface area contributed by atoms with E-state index in [-0.39, 0.29) is 6.61 Å². The van der Waals surface area contributed by atoms with Crippen molar-refractivity contribution in [2.45, 2.75) is 24.9 Å². The molecular weight excluding hydrogens is 132 g/mol. The predicted molar refractivity (Wildman–Crippen MR) is 35.2 cm³/mol. The summed E-state index contributed by atoms with van der Waals surface area (Å²) < 4.78 is 5.05. The average Bonchev–Trinajstić information content (AvgIpc) is 1.89. The number of hydrogen-bond donors (Lipinski definition) is 1. The molecule has 10 heavy (non-hydrogen) atoms. The molecule has 0 spiro atoms. The first kappa shape index (κ1) is 7.98. The smallest absolute Gasteiger partial charge is 0.0849 e. The van der Waals surface area contributed by atoms with Crippen LogP contribution in [0.4, 0.5) is 0 Å². The summed E-state index contributed by atoms with van der Waals surface area (Å²) in [6.45, 7) is 1.00. The van der Waals surface area contributed by atoms with Gasteiger partial charge in [-0.25, -0.2) is 5.11 Å². The Bertz CT molecular complexity index is 91.5. The minimum atomic E-state index is -0.708. The van der Waals surface area contributed by atoms with Gasteiger partial charge in [0.15, 0.2) is 0 Å². The molecule has 1 fully saturated rings. The Morgan fingerprint density at radius 1 is 1.40 bits per heavy atom. The highest BCUT2D eigenvalue weighted by Gasteiger charge is 2.28. The van der Waals surface area contributed by atoms with Crippen molar-refractivity contribution in [2.75, 3.05) is 19.8 Å². The van der Waals surface area contributed by atoms with E-state index in [2.05, 4.69) is 0 Å². The van der Waals surface area contributed by atoms with Gasteiger partial charge in [-0.15, -0.1) is 0 Å². The average molecular weight is 145 g/mol. The quantitative estimate of drug-likeness (QED) is 0.609. The van der Waals surface area contributed by atoms with E-state index >= 15 is 0 Å². The minimum absolute atomic E-state index is 0.184. The zero-order valence-corrected chi connectivity index (χ0v) is 6.01. The highest BCUT2D eigenvalue weighted by atomic mass is 16.5. The Hall–Kier alpha value is -0.120. The van der Waals surface area contributed by atoms with Crippen molar-refractivity contribution in [1.29, 1.82) is 0 Å². The Morgan fingerprint density at radius 3 is 2.50 bits per heavy atom. The molecule has 1 aliphatic rings. The topological polar surface area (TPSA) is 49.4 Å². The summed E-state index contributed by atoms with van der Waals surface area (Å²) in [6, 6.07) is 0. The van der Waals surface area contributed by atoms with Crippen molar-refractivity contribution >= 4 is 0 Å². The van der Waals surface area contributed by atoms with E-state index in [4.69, 9.17) is 4.74 Å². The molecule has 1 saturated heterocycles. The lowest BCUT2D eigenvalue weighted by Gasteiger charge is -2.30. The second-order valence-corrected chi connectivity index (χ2v) is 2.79.